The number of aromatic amines is 1. The van der Waals surface area contributed by atoms with Gasteiger partial charge in [0, 0.05) is 74.6 Å². The summed E-state index contributed by atoms with van der Waals surface area (Å²) in [7, 11) is 0. The fraction of sp³-hybridized carbons (Fsp3) is 0.432. The molecule has 3 aromatic carbocycles. The number of aromatic nitrogens is 2. The Morgan fingerprint density at radius 2 is 0.881 bits per heavy atom. The van der Waals surface area contributed by atoms with E-state index in [1.54, 1.807) is 18.7 Å². The Hall–Kier alpha value is -3.73. The normalized spacial score (nSPS) is 10.8. The van der Waals surface area contributed by atoms with Crippen LogP contribution in [0.1, 0.15) is 80.8 Å². The van der Waals surface area contributed by atoms with Gasteiger partial charge in [-0.3, -0.25) is 0 Å². The highest BCUT2D eigenvalue weighted by Gasteiger charge is 2.25. The summed E-state index contributed by atoms with van der Waals surface area (Å²) in [5.74, 6) is 0.168. The first kappa shape index (κ1) is 32.8. The van der Waals surface area contributed by atoms with Gasteiger partial charge in [-0.25, -0.2) is 4.98 Å². The van der Waals surface area contributed by atoms with Crippen molar-refractivity contribution in [1.82, 2.24) is 9.97 Å². The van der Waals surface area contributed by atoms with E-state index in [1.807, 2.05) is 0 Å². The molecule has 4 aromatic rings. The third kappa shape index (κ3) is 7.76. The summed E-state index contributed by atoms with van der Waals surface area (Å²) >= 11 is 0. The van der Waals surface area contributed by atoms with Gasteiger partial charge in [0.2, 0.25) is 0 Å². The maximum atomic E-state index is 3.67. The molecule has 0 saturated heterocycles. The zero-order chi connectivity index (χ0) is 30.6. The molecule has 0 unspecified atom stereocenters. The minimum absolute atomic E-state index is 0.168. The smallest absolute Gasteiger partial charge is 0.0919 e. The molecule has 226 valence electrons. The molecule has 42 heavy (non-hydrogen) atoms. The molecule has 1 N–H and O–H groups in total. The van der Waals surface area contributed by atoms with Gasteiger partial charge in [0.05, 0.1) is 6.33 Å². The summed E-state index contributed by atoms with van der Waals surface area (Å²) in [6.07, 6.45) is 5.08. The number of hydrogen-bond donors (Lipinski definition) is 1. The first-order valence-corrected chi connectivity index (χ1v) is 15.8. The van der Waals surface area contributed by atoms with Gasteiger partial charge < -0.3 is 19.7 Å². The number of rotatable bonds is 12. The summed E-state index contributed by atoms with van der Waals surface area (Å²) in [5, 5.41) is 0. The summed E-state index contributed by atoms with van der Waals surface area (Å²) in [6.45, 7) is 26.4. The van der Waals surface area contributed by atoms with Crippen molar-refractivity contribution >= 4 is 17.1 Å². The van der Waals surface area contributed by atoms with E-state index in [1.165, 1.54) is 50.4 Å². The van der Waals surface area contributed by atoms with Gasteiger partial charge in [0.25, 0.3) is 0 Å². The third-order valence-corrected chi connectivity index (χ3v) is 8.51. The number of aryl methyl sites for hydroxylation is 3. The van der Waals surface area contributed by atoms with Crippen molar-refractivity contribution < 1.29 is 0 Å². The topological polar surface area (TPSA) is 38.4 Å². The van der Waals surface area contributed by atoms with Gasteiger partial charge in [-0.2, -0.15) is 0 Å². The molecule has 1 aromatic heterocycles. The van der Waals surface area contributed by atoms with Crippen LogP contribution < -0.4 is 14.7 Å². The van der Waals surface area contributed by atoms with E-state index in [9.17, 15) is 0 Å². The predicted octanol–water partition coefficient (Wildman–Crippen LogP) is 8.74. The lowest BCUT2D eigenvalue weighted by atomic mass is 9.79. The number of H-pyrrole nitrogens is 1. The largest absolute Gasteiger partial charge is 0.372 e. The van der Waals surface area contributed by atoms with E-state index in [2.05, 4.69) is 142 Å². The van der Waals surface area contributed by atoms with Crippen LogP contribution in [0.5, 0.6) is 0 Å². The Morgan fingerprint density at radius 3 is 1.10 bits per heavy atom. The van der Waals surface area contributed by atoms with Crippen molar-refractivity contribution in [1.29, 1.82) is 0 Å². The predicted molar refractivity (Wildman–Crippen MR) is 184 cm³/mol. The summed E-state index contributed by atoms with van der Waals surface area (Å²) in [4.78, 5) is 13.8. The lowest BCUT2D eigenvalue weighted by Gasteiger charge is -2.30. The maximum absolute atomic E-state index is 3.67. The lowest BCUT2D eigenvalue weighted by Crippen LogP contribution is -2.23. The quantitative estimate of drug-likeness (QED) is 0.174. The number of imidazole rings is 1. The van der Waals surface area contributed by atoms with Crippen LogP contribution in [0.25, 0.3) is 0 Å². The van der Waals surface area contributed by atoms with Gasteiger partial charge in [-0.1, -0.05) is 18.2 Å². The van der Waals surface area contributed by atoms with Gasteiger partial charge >= 0.3 is 0 Å². The zero-order valence-corrected chi connectivity index (χ0v) is 27.5. The van der Waals surface area contributed by atoms with Crippen LogP contribution in [-0.4, -0.2) is 49.2 Å². The van der Waals surface area contributed by atoms with E-state index < -0.39 is 0 Å². The highest BCUT2D eigenvalue weighted by Crippen LogP contribution is 2.41. The van der Waals surface area contributed by atoms with Crippen molar-refractivity contribution in [2.45, 2.75) is 68.2 Å². The number of nitrogens with one attached hydrogen (secondary N) is 1. The molecule has 5 heteroatoms. The summed E-state index contributed by atoms with van der Waals surface area (Å²) < 4.78 is 0. The van der Waals surface area contributed by atoms with Crippen LogP contribution >= 0.6 is 0 Å². The van der Waals surface area contributed by atoms with Crippen molar-refractivity contribution in [3.63, 3.8) is 0 Å². The molecule has 0 aliphatic carbocycles. The Bertz CT molecular complexity index is 1190. The second-order valence-corrected chi connectivity index (χ2v) is 10.8. The molecular formula is C37H53N5. The Labute approximate surface area is 255 Å². The minimum Gasteiger partial charge on any atom is -0.372 e. The highest BCUT2D eigenvalue weighted by molar-refractivity contribution is 5.63. The third-order valence-electron chi connectivity index (χ3n) is 8.51. The van der Waals surface area contributed by atoms with E-state index in [0.29, 0.717) is 0 Å². The Kier molecular flexibility index (Phi) is 12.5. The van der Waals surface area contributed by atoms with E-state index >= 15 is 0 Å². The van der Waals surface area contributed by atoms with Gasteiger partial charge in [0.1, 0.15) is 0 Å². The second-order valence-electron chi connectivity index (χ2n) is 10.8. The number of benzene rings is 3. The maximum Gasteiger partial charge on any atom is 0.0919 e. The van der Waals surface area contributed by atoms with Crippen LogP contribution in [0.15, 0.2) is 73.3 Å². The van der Waals surface area contributed by atoms with Crippen LogP contribution in [0.3, 0.4) is 0 Å². The van der Waals surface area contributed by atoms with Crippen LogP contribution in [0.4, 0.5) is 17.1 Å². The molecule has 0 atom stereocenters. The first-order chi connectivity index (χ1) is 20.3. The van der Waals surface area contributed by atoms with E-state index in [4.69, 9.17) is 0 Å². The molecule has 0 radical (unpaired) electrons. The fourth-order valence-electron chi connectivity index (χ4n) is 5.89. The van der Waals surface area contributed by atoms with Crippen LogP contribution in [-0.2, 0) is 0 Å². The van der Waals surface area contributed by atoms with E-state index in [-0.39, 0.29) is 5.92 Å². The fourth-order valence-corrected chi connectivity index (χ4v) is 5.89. The number of hydrogen-bond acceptors (Lipinski definition) is 4. The first-order valence-electron chi connectivity index (χ1n) is 15.8. The van der Waals surface area contributed by atoms with Crippen molar-refractivity contribution in [3.8, 4) is 0 Å². The lowest BCUT2D eigenvalue weighted by molar-refractivity contribution is 0.849. The van der Waals surface area contributed by atoms with Gasteiger partial charge in [-0.05, 0) is 132 Å². The minimum atomic E-state index is 0.168. The molecule has 0 spiro atoms. The van der Waals surface area contributed by atoms with Crippen LogP contribution in [0, 0.1) is 20.8 Å². The summed E-state index contributed by atoms with van der Waals surface area (Å²) in [5.41, 5.74) is 12.2. The Balaban J connectivity index is 0.000000873. The summed E-state index contributed by atoms with van der Waals surface area (Å²) in [6, 6.07) is 21.2. The number of anilines is 3. The molecule has 0 aliphatic heterocycles. The second kappa shape index (κ2) is 16.1. The van der Waals surface area contributed by atoms with E-state index in [0.717, 1.165) is 39.3 Å². The average molecular weight is 568 g/mol. The average Bonchev–Trinajstić information content (AvgIpc) is 3.60. The Morgan fingerprint density at radius 1 is 0.548 bits per heavy atom. The SMILES string of the molecule is CCN(CC)c1ccc(C)c(C(c2cc(N(CC)CC)ccc2C)c2cc(N(CC)CC)ccc2C)c1.c1c[nH]cn1. The molecule has 0 aliphatic rings. The van der Waals surface area contributed by atoms with Crippen molar-refractivity contribution in [2.24, 2.45) is 0 Å². The van der Waals surface area contributed by atoms with Crippen molar-refractivity contribution in [2.75, 3.05) is 54.0 Å². The molecule has 0 fully saturated rings. The molecular weight excluding hydrogens is 514 g/mol. The number of nitrogens with zero attached hydrogens (tertiary/aromatic N) is 4. The van der Waals surface area contributed by atoms with Gasteiger partial charge in [0.15, 0.2) is 0 Å². The molecule has 1 heterocycles. The van der Waals surface area contributed by atoms with Gasteiger partial charge in [-0.15, -0.1) is 0 Å². The van der Waals surface area contributed by atoms with Crippen LogP contribution in [0.2, 0.25) is 0 Å². The van der Waals surface area contributed by atoms with Crippen molar-refractivity contribution in [3.05, 3.63) is 107 Å². The molecule has 0 bridgehead atoms. The molecule has 0 saturated carbocycles. The highest BCUT2D eigenvalue weighted by atomic mass is 15.1. The molecule has 0 amide bonds. The standard InChI is InChI=1S/C34H49N3.C3H4N2/c1-10-35(11-2)28-19-16-25(7)31(22-28)34(32-23-29(20-17-26(32)8)36(12-3)13-4)33-24-30(21-18-27(33)9)37(14-5)15-6;1-2-5-3-4-1/h16-24,34H,10-15H2,1-9H3;1-3H,(H,4,5). The monoisotopic (exact) mass is 567 g/mol. The zero-order valence-electron chi connectivity index (χ0n) is 27.5. The molecule has 5 nitrogen and oxygen atoms in total. The molecule has 4 rings (SSSR count).